The van der Waals surface area contributed by atoms with Crippen molar-refractivity contribution in [3.05, 3.63) is 0 Å². The summed E-state index contributed by atoms with van der Waals surface area (Å²) in [5.74, 6) is 2.28. The fourth-order valence-corrected chi connectivity index (χ4v) is 9.49. The lowest BCUT2D eigenvalue weighted by atomic mass is 9.43. The van der Waals surface area contributed by atoms with Gasteiger partial charge in [-0.05, 0) is 104 Å². The van der Waals surface area contributed by atoms with Crippen molar-refractivity contribution in [3.8, 4) is 0 Å². The van der Waals surface area contributed by atoms with Gasteiger partial charge in [0.1, 0.15) is 0 Å². The molecule has 4 rings (SSSR count). The maximum atomic E-state index is 12.2. The summed E-state index contributed by atoms with van der Waals surface area (Å²) in [6.45, 7) is 6.86. The third-order valence-corrected chi connectivity index (χ3v) is 11.7. The molecule has 10 atom stereocenters. The molecule has 8 heteroatoms. The Kier molecular flexibility index (Phi) is 7.47. The van der Waals surface area contributed by atoms with E-state index in [2.05, 4.69) is 26.1 Å². The standard InChI is InChI=1S/C26H45NO6S/c1-16(4-9-24(30)27-12-13-34(31,32)33)20-7-8-21-19-6-5-17-14-18(28)10-11-25(17,2)22(19)15-23(29)26(20,21)3/h16-23,28-29H,4-15H2,1-3H3,(H,27,30)(H,31,32,33)/t16-,17+,18-,19+,20-,21+,22+,23-,25+,26-/m1/s1. The van der Waals surface area contributed by atoms with Gasteiger partial charge in [0.2, 0.25) is 5.91 Å². The number of nitrogens with one attached hydrogen (secondary N) is 1. The number of aliphatic hydroxyl groups excluding tert-OH is 2. The Balaban J connectivity index is 1.40. The summed E-state index contributed by atoms with van der Waals surface area (Å²) < 4.78 is 30.5. The molecule has 7 nitrogen and oxygen atoms in total. The Hall–Kier alpha value is -0.700. The average Bonchev–Trinajstić information content (AvgIpc) is 3.11. The number of amides is 1. The van der Waals surface area contributed by atoms with Crippen molar-refractivity contribution in [3.63, 3.8) is 0 Å². The summed E-state index contributed by atoms with van der Waals surface area (Å²) >= 11 is 0. The van der Waals surface area contributed by atoms with Crippen molar-refractivity contribution in [1.82, 2.24) is 5.32 Å². The fourth-order valence-electron chi connectivity index (χ4n) is 9.13. The third kappa shape index (κ3) is 4.81. The van der Waals surface area contributed by atoms with Crippen LogP contribution < -0.4 is 5.32 Å². The predicted octanol–water partition coefficient (Wildman–Crippen LogP) is 3.40. The molecule has 0 aromatic carbocycles. The van der Waals surface area contributed by atoms with E-state index in [0.29, 0.717) is 48.3 Å². The van der Waals surface area contributed by atoms with Crippen LogP contribution in [0.4, 0.5) is 0 Å². The lowest BCUT2D eigenvalue weighted by molar-refractivity contribution is -0.174. The topological polar surface area (TPSA) is 124 Å². The highest BCUT2D eigenvalue weighted by atomic mass is 32.2. The van der Waals surface area contributed by atoms with Crippen molar-refractivity contribution in [1.29, 1.82) is 0 Å². The summed E-state index contributed by atoms with van der Waals surface area (Å²) in [7, 11) is -4.07. The largest absolute Gasteiger partial charge is 0.393 e. The molecule has 0 radical (unpaired) electrons. The number of carbonyl (C=O) groups is 1. The van der Waals surface area contributed by atoms with Gasteiger partial charge in [-0.15, -0.1) is 0 Å². The van der Waals surface area contributed by atoms with Gasteiger partial charge in [-0.1, -0.05) is 20.8 Å². The highest BCUT2D eigenvalue weighted by Gasteiger charge is 2.63. The van der Waals surface area contributed by atoms with Gasteiger partial charge in [0.05, 0.1) is 18.0 Å². The zero-order valence-electron chi connectivity index (χ0n) is 21.1. The molecule has 0 heterocycles. The molecule has 0 aromatic heterocycles. The number of hydrogen-bond donors (Lipinski definition) is 4. The minimum Gasteiger partial charge on any atom is -0.393 e. The lowest BCUT2D eigenvalue weighted by Crippen LogP contribution is -2.58. The third-order valence-electron chi connectivity index (χ3n) is 11.0. The minimum absolute atomic E-state index is 0.0756. The molecule has 0 aromatic rings. The molecule has 34 heavy (non-hydrogen) atoms. The second kappa shape index (κ2) is 9.64. The van der Waals surface area contributed by atoms with Gasteiger partial charge in [0.15, 0.2) is 0 Å². The SMILES string of the molecule is C[C@H](CCC(=O)NCCS(=O)(=O)O)[C@H]1CC[C@H]2[C@@H]3CC[C@H]4C[C@H](O)CC[C@]4(C)[C@H]3C[C@@H](O)[C@]12C. The van der Waals surface area contributed by atoms with Crippen LogP contribution in [0.5, 0.6) is 0 Å². The van der Waals surface area contributed by atoms with E-state index in [0.717, 1.165) is 38.5 Å². The molecule has 0 aliphatic heterocycles. The van der Waals surface area contributed by atoms with E-state index >= 15 is 0 Å². The average molecular weight is 500 g/mol. The van der Waals surface area contributed by atoms with Gasteiger partial charge >= 0.3 is 0 Å². The van der Waals surface area contributed by atoms with Crippen molar-refractivity contribution in [2.24, 2.45) is 46.3 Å². The van der Waals surface area contributed by atoms with Gasteiger partial charge in [-0.2, -0.15) is 8.42 Å². The van der Waals surface area contributed by atoms with E-state index in [1.807, 2.05) is 0 Å². The van der Waals surface area contributed by atoms with Crippen molar-refractivity contribution < 1.29 is 28.0 Å². The molecule has 4 fully saturated rings. The highest BCUT2D eigenvalue weighted by Crippen LogP contribution is 2.68. The molecular weight excluding hydrogens is 454 g/mol. The van der Waals surface area contributed by atoms with Gasteiger partial charge in [0.25, 0.3) is 10.1 Å². The van der Waals surface area contributed by atoms with Crippen LogP contribution in [-0.4, -0.2) is 53.6 Å². The number of fused-ring (bicyclic) bond motifs is 5. The zero-order valence-corrected chi connectivity index (χ0v) is 21.9. The second-order valence-corrected chi connectivity index (χ2v) is 14.1. The number of hydrogen-bond acceptors (Lipinski definition) is 5. The summed E-state index contributed by atoms with van der Waals surface area (Å²) in [6, 6.07) is 0. The maximum Gasteiger partial charge on any atom is 0.266 e. The van der Waals surface area contributed by atoms with E-state index in [-0.39, 0.29) is 35.5 Å². The molecule has 0 bridgehead atoms. The molecule has 196 valence electrons. The fraction of sp³-hybridized carbons (Fsp3) is 0.962. The first-order valence-corrected chi connectivity index (χ1v) is 15.0. The van der Waals surface area contributed by atoms with Crippen molar-refractivity contribution in [2.75, 3.05) is 12.3 Å². The van der Waals surface area contributed by atoms with Crippen LogP contribution in [0.1, 0.15) is 85.0 Å². The predicted molar refractivity (Wildman–Crippen MR) is 130 cm³/mol. The van der Waals surface area contributed by atoms with E-state index in [9.17, 15) is 23.4 Å². The smallest absolute Gasteiger partial charge is 0.266 e. The first-order chi connectivity index (χ1) is 15.9. The van der Waals surface area contributed by atoms with Crippen LogP contribution >= 0.6 is 0 Å². The molecular formula is C26H45NO6S. The van der Waals surface area contributed by atoms with Crippen LogP contribution in [0.25, 0.3) is 0 Å². The van der Waals surface area contributed by atoms with Crippen molar-refractivity contribution >= 4 is 16.0 Å². The van der Waals surface area contributed by atoms with Crippen molar-refractivity contribution in [2.45, 2.75) is 97.2 Å². The van der Waals surface area contributed by atoms with E-state index < -0.39 is 15.9 Å². The first-order valence-electron chi connectivity index (χ1n) is 13.4. The Morgan fingerprint density at radius 2 is 1.79 bits per heavy atom. The van der Waals surface area contributed by atoms with Crippen LogP contribution in [-0.2, 0) is 14.9 Å². The van der Waals surface area contributed by atoms with Crippen LogP contribution in [0.15, 0.2) is 0 Å². The second-order valence-electron chi connectivity index (χ2n) is 12.5. The highest BCUT2D eigenvalue weighted by molar-refractivity contribution is 7.85. The molecule has 0 spiro atoms. The first kappa shape index (κ1) is 26.4. The number of carbonyl (C=O) groups excluding carboxylic acids is 1. The summed E-state index contributed by atoms with van der Waals surface area (Å²) in [5, 5.41) is 24.5. The maximum absolute atomic E-state index is 12.2. The summed E-state index contributed by atoms with van der Waals surface area (Å²) in [6.07, 6.45) is 8.93. The summed E-state index contributed by atoms with van der Waals surface area (Å²) in [4.78, 5) is 12.2. The quantitative estimate of drug-likeness (QED) is 0.398. The molecule has 4 saturated carbocycles. The Labute approximate surface area is 205 Å². The van der Waals surface area contributed by atoms with Gasteiger partial charge in [-0.3, -0.25) is 9.35 Å². The zero-order chi connectivity index (χ0) is 24.9. The molecule has 0 saturated heterocycles. The van der Waals surface area contributed by atoms with E-state index in [4.69, 9.17) is 4.55 Å². The molecule has 4 aliphatic rings. The number of aliphatic hydroxyl groups is 2. The van der Waals surface area contributed by atoms with Crippen LogP contribution in [0, 0.1) is 46.3 Å². The summed E-state index contributed by atoms with van der Waals surface area (Å²) in [5.41, 5.74) is 0.105. The Morgan fingerprint density at radius 3 is 2.50 bits per heavy atom. The van der Waals surface area contributed by atoms with Gasteiger partial charge in [-0.25, -0.2) is 0 Å². The van der Waals surface area contributed by atoms with E-state index in [1.54, 1.807) is 0 Å². The van der Waals surface area contributed by atoms with Gasteiger partial charge in [0, 0.05) is 13.0 Å². The molecule has 1 amide bonds. The monoisotopic (exact) mass is 499 g/mol. The van der Waals surface area contributed by atoms with Crippen LogP contribution in [0.3, 0.4) is 0 Å². The molecule has 4 aliphatic carbocycles. The lowest BCUT2D eigenvalue weighted by Gasteiger charge is -2.62. The minimum atomic E-state index is -4.07. The van der Waals surface area contributed by atoms with Crippen LogP contribution in [0.2, 0.25) is 0 Å². The molecule has 0 unspecified atom stereocenters. The number of rotatable bonds is 7. The Morgan fingerprint density at radius 1 is 1.06 bits per heavy atom. The normalized spacial score (nSPS) is 45.1. The van der Waals surface area contributed by atoms with Gasteiger partial charge < -0.3 is 15.5 Å². The molecule has 4 N–H and O–H groups in total. The Bertz CT molecular complexity index is 863. The van der Waals surface area contributed by atoms with E-state index in [1.165, 1.54) is 12.8 Å².